The van der Waals surface area contributed by atoms with Crippen LogP contribution in [-0.2, 0) is 11.2 Å². The molecule has 1 unspecified atom stereocenters. The molecule has 2 heterocycles. The number of nitrogens with zero attached hydrogens (tertiary/aromatic N) is 2. The van der Waals surface area contributed by atoms with E-state index in [0.717, 1.165) is 11.3 Å². The van der Waals surface area contributed by atoms with Crippen molar-refractivity contribution in [1.29, 1.82) is 0 Å². The maximum absolute atomic E-state index is 13.7. The smallest absolute Gasteiger partial charge is 0.259 e. The number of benzene rings is 2. The Labute approximate surface area is 174 Å². The van der Waals surface area contributed by atoms with Crippen molar-refractivity contribution in [2.24, 2.45) is 0 Å². The first-order chi connectivity index (χ1) is 14.5. The van der Waals surface area contributed by atoms with Gasteiger partial charge in [-0.25, -0.2) is 4.39 Å². The SMILES string of the molecule is COc1ccc(C(=O)N2CCN(c3ccc4c(c3)CC([18F])C(=O)N4)CC2)cc1OC. The van der Waals surface area contributed by atoms with Gasteiger partial charge in [-0.2, -0.15) is 0 Å². The molecule has 2 aliphatic rings. The Morgan fingerprint density at radius 2 is 1.77 bits per heavy atom. The average molecular weight is 412 g/mol. The van der Waals surface area contributed by atoms with Gasteiger partial charge in [0.05, 0.1) is 14.2 Å². The third kappa shape index (κ3) is 3.77. The van der Waals surface area contributed by atoms with Gasteiger partial charge in [-0.15, -0.1) is 0 Å². The topological polar surface area (TPSA) is 71.1 Å². The van der Waals surface area contributed by atoms with Gasteiger partial charge in [0.2, 0.25) is 0 Å². The molecule has 0 spiro atoms. The second-order valence-corrected chi connectivity index (χ2v) is 7.35. The summed E-state index contributed by atoms with van der Waals surface area (Å²) in [6, 6.07) is 10.8. The van der Waals surface area contributed by atoms with Gasteiger partial charge in [0.15, 0.2) is 17.7 Å². The largest absolute Gasteiger partial charge is 0.493 e. The second-order valence-electron chi connectivity index (χ2n) is 7.35. The number of hydrogen-bond acceptors (Lipinski definition) is 5. The van der Waals surface area contributed by atoms with E-state index >= 15 is 0 Å². The van der Waals surface area contributed by atoms with Gasteiger partial charge in [-0.3, -0.25) is 9.59 Å². The number of nitrogens with one attached hydrogen (secondary N) is 1. The summed E-state index contributed by atoms with van der Waals surface area (Å²) in [5.74, 6) is 0.467. The van der Waals surface area contributed by atoms with Crippen LogP contribution < -0.4 is 19.7 Å². The number of rotatable bonds is 4. The number of carbonyl (C=O) groups excluding carboxylic acids is 2. The Morgan fingerprint density at radius 3 is 2.47 bits per heavy atom. The third-order valence-electron chi connectivity index (χ3n) is 5.59. The minimum Gasteiger partial charge on any atom is -0.493 e. The molecule has 30 heavy (non-hydrogen) atoms. The molecular weight excluding hydrogens is 388 g/mol. The Balaban J connectivity index is 1.42. The van der Waals surface area contributed by atoms with Gasteiger partial charge in [-0.1, -0.05) is 0 Å². The first-order valence-corrected chi connectivity index (χ1v) is 9.84. The van der Waals surface area contributed by atoms with Gasteiger partial charge in [0.1, 0.15) is 0 Å². The molecule has 2 aliphatic heterocycles. The molecule has 0 aromatic heterocycles. The summed E-state index contributed by atoms with van der Waals surface area (Å²) in [6.45, 7) is 2.49. The zero-order valence-corrected chi connectivity index (χ0v) is 17.0. The lowest BCUT2D eigenvalue weighted by molar-refractivity contribution is -0.121. The highest BCUT2D eigenvalue weighted by Crippen LogP contribution is 2.30. The molecule has 2 aromatic rings. The van der Waals surface area contributed by atoms with E-state index in [0.29, 0.717) is 48.9 Å². The highest BCUT2D eigenvalue weighted by molar-refractivity contribution is 5.97. The molecule has 7 nitrogen and oxygen atoms in total. The van der Waals surface area contributed by atoms with Crippen LogP contribution in [0.5, 0.6) is 11.5 Å². The summed E-state index contributed by atoms with van der Waals surface area (Å²) >= 11 is 0. The van der Waals surface area contributed by atoms with Gasteiger partial charge in [0, 0.05) is 49.5 Å². The molecule has 1 N–H and O–H groups in total. The third-order valence-corrected chi connectivity index (χ3v) is 5.59. The molecule has 4 rings (SSSR count). The van der Waals surface area contributed by atoms with Crippen molar-refractivity contribution in [1.82, 2.24) is 4.90 Å². The monoisotopic (exact) mass is 412 g/mol. The van der Waals surface area contributed by atoms with Crippen LogP contribution in [0, 0.1) is 0 Å². The van der Waals surface area contributed by atoms with Gasteiger partial charge < -0.3 is 24.6 Å². The van der Waals surface area contributed by atoms with Crippen LogP contribution in [0.25, 0.3) is 0 Å². The maximum Gasteiger partial charge on any atom is 0.259 e. The van der Waals surface area contributed by atoms with Crippen molar-refractivity contribution < 1.29 is 23.5 Å². The van der Waals surface area contributed by atoms with Crippen molar-refractivity contribution in [2.45, 2.75) is 12.6 Å². The zero-order chi connectivity index (χ0) is 21.3. The van der Waals surface area contributed by atoms with Crippen LogP contribution >= 0.6 is 0 Å². The minimum atomic E-state index is -1.51. The highest BCUT2D eigenvalue weighted by atomic mass is 18.2. The summed E-state index contributed by atoms with van der Waals surface area (Å²) < 4.78 is 24.3. The van der Waals surface area contributed by atoms with E-state index in [1.807, 2.05) is 23.1 Å². The number of ether oxygens (including phenoxy) is 2. The van der Waals surface area contributed by atoms with E-state index < -0.39 is 12.1 Å². The summed E-state index contributed by atoms with van der Waals surface area (Å²) in [6.07, 6.45) is -1.42. The lowest BCUT2D eigenvalue weighted by atomic mass is 10.0. The fraction of sp³-hybridized carbons (Fsp3) is 0.364. The number of carbonyl (C=O) groups is 2. The Morgan fingerprint density at radius 1 is 1.03 bits per heavy atom. The quantitative estimate of drug-likeness (QED) is 0.836. The van der Waals surface area contributed by atoms with E-state index in [1.165, 1.54) is 0 Å². The molecule has 1 atom stereocenters. The summed E-state index contributed by atoms with van der Waals surface area (Å²) in [7, 11) is 3.10. The Kier molecular flexibility index (Phi) is 5.48. The van der Waals surface area contributed by atoms with E-state index in [9.17, 15) is 14.0 Å². The van der Waals surface area contributed by atoms with Gasteiger partial charge >= 0.3 is 0 Å². The van der Waals surface area contributed by atoms with Crippen molar-refractivity contribution in [3.8, 4) is 11.5 Å². The molecule has 2 aromatic carbocycles. The maximum atomic E-state index is 13.7. The number of piperazine rings is 1. The number of methoxy groups -OCH3 is 2. The first kappa shape index (κ1) is 20.0. The van der Waals surface area contributed by atoms with Crippen molar-refractivity contribution in [3.05, 3.63) is 47.5 Å². The van der Waals surface area contributed by atoms with E-state index in [4.69, 9.17) is 9.47 Å². The normalized spacial score (nSPS) is 18.5. The minimum absolute atomic E-state index is 0.0518. The zero-order valence-electron chi connectivity index (χ0n) is 17.0. The van der Waals surface area contributed by atoms with Crippen molar-refractivity contribution >= 4 is 23.2 Å². The van der Waals surface area contributed by atoms with Crippen LogP contribution in [-0.4, -0.2) is 63.3 Å². The van der Waals surface area contributed by atoms with Crippen LogP contribution in [0.2, 0.25) is 0 Å². The predicted molar refractivity (Wildman–Crippen MR) is 111 cm³/mol. The molecule has 0 saturated carbocycles. The van der Waals surface area contributed by atoms with E-state index in [1.54, 1.807) is 32.4 Å². The molecule has 158 valence electrons. The van der Waals surface area contributed by atoms with Crippen molar-refractivity contribution in [3.63, 3.8) is 0 Å². The predicted octanol–water partition coefficient (Wildman–Crippen LogP) is 2.50. The van der Waals surface area contributed by atoms with Crippen molar-refractivity contribution in [2.75, 3.05) is 50.6 Å². The van der Waals surface area contributed by atoms with Gasteiger partial charge in [0.25, 0.3) is 11.8 Å². The number of anilines is 2. The van der Waals surface area contributed by atoms with Gasteiger partial charge in [-0.05, 0) is 42.0 Å². The molecule has 0 aliphatic carbocycles. The fourth-order valence-electron chi connectivity index (χ4n) is 3.88. The van der Waals surface area contributed by atoms with Crippen LogP contribution in [0.15, 0.2) is 36.4 Å². The number of halogens is 1. The first-order valence-electron chi connectivity index (χ1n) is 9.84. The number of hydrogen-bond donors (Lipinski definition) is 1. The fourth-order valence-corrected chi connectivity index (χ4v) is 3.88. The lowest BCUT2D eigenvalue weighted by Crippen LogP contribution is -2.48. The lowest BCUT2D eigenvalue weighted by Gasteiger charge is -2.36. The summed E-state index contributed by atoms with van der Waals surface area (Å²) in [5, 5.41) is 2.59. The molecule has 8 heteroatoms. The molecule has 0 bridgehead atoms. The van der Waals surface area contributed by atoms with Crippen LogP contribution in [0.1, 0.15) is 15.9 Å². The molecule has 0 radical (unpaired) electrons. The Hall–Kier alpha value is -3.29. The number of amides is 2. The highest BCUT2D eigenvalue weighted by Gasteiger charge is 2.27. The standard InChI is InChI=1S/C22H24FN3O4/c1-29-19-6-3-14(13-20(19)30-2)22(28)26-9-7-25(8-10-26)16-4-5-18-15(11-16)12-17(23)21(27)24-18/h3-6,11,13,17H,7-10,12H2,1-2H3,(H,24,27)/i23-1. The average Bonchev–Trinajstić information content (AvgIpc) is 2.78. The number of fused-ring (bicyclic) bond motifs is 1. The molecule has 1 saturated heterocycles. The van der Waals surface area contributed by atoms with E-state index in [2.05, 4.69) is 10.2 Å². The summed E-state index contributed by atoms with van der Waals surface area (Å²) in [4.78, 5) is 28.4. The molecule has 2 amide bonds. The second kappa shape index (κ2) is 8.22. The number of alkyl halides is 1. The molecular formula is C22H24FN3O4. The van der Waals surface area contributed by atoms with Crippen LogP contribution in [0.3, 0.4) is 0 Å². The Bertz CT molecular complexity index is 973. The van der Waals surface area contributed by atoms with E-state index in [-0.39, 0.29) is 12.3 Å². The summed E-state index contributed by atoms with van der Waals surface area (Å²) in [5.41, 5.74) is 2.98. The van der Waals surface area contributed by atoms with Crippen LogP contribution in [0.4, 0.5) is 15.8 Å². The molecule has 1 fully saturated rings.